The van der Waals surface area contributed by atoms with E-state index >= 15 is 0 Å². The van der Waals surface area contributed by atoms with Crippen LogP contribution in [0.5, 0.6) is 0 Å². The molecule has 1 N–H and O–H groups in total. The highest BCUT2D eigenvalue weighted by atomic mass is 32.2. The summed E-state index contributed by atoms with van der Waals surface area (Å²) in [5.74, 6) is 3.06. The summed E-state index contributed by atoms with van der Waals surface area (Å²) in [7, 11) is 0. The highest BCUT2D eigenvalue weighted by molar-refractivity contribution is 8.13. The lowest BCUT2D eigenvalue weighted by atomic mass is 9.81. The van der Waals surface area contributed by atoms with Crippen molar-refractivity contribution in [2.75, 3.05) is 12.3 Å². The average Bonchev–Trinajstić information content (AvgIpc) is 2.46. The normalized spacial score (nSPS) is 38.2. The molecule has 2 nitrogen and oxygen atoms in total. The zero-order valence-corrected chi connectivity index (χ0v) is 13.7. The third-order valence-electron chi connectivity index (χ3n) is 5.12. The molecule has 1 unspecified atom stereocenters. The molecule has 2 fully saturated rings. The highest BCUT2D eigenvalue weighted by Gasteiger charge is 2.27. The third kappa shape index (κ3) is 4.40. The van der Waals surface area contributed by atoms with E-state index in [2.05, 4.69) is 26.1 Å². The van der Waals surface area contributed by atoms with Gasteiger partial charge >= 0.3 is 0 Å². The summed E-state index contributed by atoms with van der Waals surface area (Å²) in [5, 5.41) is 4.85. The van der Waals surface area contributed by atoms with Gasteiger partial charge in [-0.05, 0) is 44.4 Å². The predicted octanol–water partition coefficient (Wildman–Crippen LogP) is 4.45. The molecule has 0 aromatic heterocycles. The summed E-state index contributed by atoms with van der Waals surface area (Å²) in [6.07, 6.45) is 9.46. The molecule has 1 saturated heterocycles. The SMILES string of the molecule is CCC1CCC(CN=C2NC(C)(CC)CCS2)CC1. The summed E-state index contributed by atoms with van der Waals surface area (Å²) in [5.41, 5.74) is 0.282. The van der Waals surface area contributed by atoms with Gasteiger partial charge in [0.1, 0.15) is 0 Å². The number of nitrogens with zero attached hydrogens (tertiary/aromatic N) is 1. The first-order valence-electron chi connectivity index (χ1n) is 8.10. The lowest BCUT2D eigenvalue weighted by Gasteiger charge is -2.35. The first kappa shape index (κ1) is 15.2. The molecular formula is C16H30N2S. The first-order valence-corrected chi connectivity index (χ1v) is 9.09. The molecule has 0 spiro atoms. The minimum absolute atomic E-state index is 0.282. The van der Waals surface area contributed by atoms with Crippen molar-refractivity contribution in [1.29, 1.82) is 0 Å². The van der Waals surface area contributed by atoms with Gasteiger partial charge in [0.25, 0.3) is 0 Å². The van der Waals surface area contributed by atoms with Gasteiger partial charge in [0, 0.05) is 17.8 Å². The molecule has 1 atom stereocenters. The van der Waals surface area contributed by atoms with Gasteiger partial charge in [-0.25, -0.2) is 0 Å². The molecule has 0 radical (unpaired) electrons. The van der Waals surface area contributed by atoms with Crippen molar-refractivity contribution in [1.82, 2.24) is 5.32 Å². The van der Waals surface area contributed by atoms with Gasteiger partial charge in [-0.15, -0.1) is 0 Å². The van der Waals surface area contributed by atoms with Crippen LogP contribution in [0.2, 0.25) is 0 Å². The molecule has 19 heavy (non-hydrogen) atoms. The maximum absolute atomic E-state index is 4.87. The molecule has 3 heteroatoms. The smallest absolute Gasteiger partial charge is 0.156 e. The Morgan fingerprint density at radius 3 is 2.53 bits per heavy atom. The Labute approximate surface area is 123 Å². The number of nitrogens with one attached hydrogen (secondary N) is 1. The van der Waals surface area contributed by atoms with Gasteiger partial charge in [0.05, 0.1) is 0 Å². The quantitative estimate of drug-likeness (QED) is 0.823. The van der Waals surface area contributed by atoms with E-state index in [-0.39, 0.29) is 5.54 Å². The van der Waals surface area contributed by atoms with Crippen molar-refractivity contribution in [3.05, 3.63) is 0 Å². The minimum atomic E-state index is 0.282. The van der Waals surface area contributed by atoms with Gasteiger partial charge in [-0.3, -0.25) is 4.99 Å². The number of hydrogen-bond donors (Lipinski definition) is 1. The lowest BCUT2D eigenvalue weighted by Crippen LogP contribution is -2.48. The van der Waals surface area contributed by atoms with Crippen LogP contribution in [0, 0.1) is 11.8 Å². The van der Waals surface area contributed by atoms with Crippen LogP contribution in [0.3, 0.4) is 0 Å². The average molecular weight is 282 g/mol. The maximum Gasteiger partial charge on any atom is 0.156 e. The Kier molecular flexibility index (Phi) is 5.61. The fourth-order valence-electron chi connectivity index (χ4n) is 3.11. The van der Waals surface area contributed by atoms with Crippen LogP contribution < -0.4 is 5.32 Å². The molecule has 110 valence electrons. The van der Waals surface area contributed by atoms with E-state index in [9.17, 15) is 0 Å². The zero-order valence-electron chi connectivity index (χ0n) is 12.9. The van der Waals surface area contributed by atoms with Gasteiger partial charge in [0.15, 0.2) is 5.17 Å². The first-order chi connectivity index (χ1) is 9.15. The van der Waals surface area contributed by atoms with Crippen LogP contribution in [0.1, 0.15) is 65.7 Å². The summed E-state index contributed by atoms with van der Waals surface area (Å²) in [6, 6.07) is 0. The molecule has 0 aromatic carbocycles. The Balaban J connectivity index is 1.79. The molecular weight excluding hydrogens is 252 g/mol. The topological polar surface area (TPSA) is 24.4 Å². The second-order valence-electron chi connectivity index (χ2n) is 6.58. The van der Waals surface area contributed by atoms with Gasteiger partial charge in [-0.2, -0.15) is 0 Å². The van der Waals surface area contributed by atoms with Gasteiger partial charge < -0.3 is 5.32 Å². The van der Waals surface area contributed by atoms with Crippen LogP contribution >= 0.6 is 11.8 Å². The van der Waals surface area contributed by atoms with E-state index in [4.69, 9.17) is 4.99 Å². The monoisotopic (exact) mass is 282 g/mol. The molecule has 1 aliphatic heterocycles. The second-order valence-corrected chi connectivity index (χ2v) is 7.66. The van der Waals surface area contributed by atoms with Crippen molar-refractivity contribution in [3.8, 4) is 0 Å². The molecule has 0 aromatic rings. The summed E-state index contributed by atoms with van der Waals surface area (Å²) < 4.78 is 0. The highest BCUT2D eigenvalue weighted by Crippen LogP contribution is 2.31. The number of rotatable bonds is 4. The molecule has 1 heterocycles. The van der Waals surface area contributed by atoms with E-state index < -0.39 is 0 Å². The van der Waals surface area contributed by atoms with Crippen LogP contribution in [-0.2, 0) is 0 Å². The molecule has 2 rings (SSSR count). The lowest BCUT2D eigenvalue weighted by molar-refractivity contribution is 0.274. The molecule has 0 bridgehead atoms. The number of hydrogen-bond acceptors (Lipinski definition) is 2. The fraction of sp³-hybridized carbons (Fsp3) is 0.938. The Bertz CT molecular complexity index is 308. The van der Waals surface area contributed by atoms with E-state index in [0.29, 0.717) is 0 Å². The van der Waals surface area contributed by atoms with E-state index in [1.165, 1.54) is 55.9 Å². The van der Waals surface area contributed by atoms with Crippen molar-refractivity contribution in [3.63, 3.8) is 0 Å². The summed E-state index contributed by atoms with van der Waals surface area (Å²) >= 11 is 1.91. The fourth-order valence-corrected chi connectivity index (χ4v) is 4.34. The summed E-state index contributed by atoms with van der Waals surface area (Å²) in [6.45, 7) is 7.98. The number of aliphatic imine (C=N–C) groups is 1. The van der Waals surface area contributed by atoms with E-state index in [1.54, 1.807) is 0 Å². The third-order valence-corrected chi connectivity index (χ3v) is 6.03. The molecule has 0 amide bonds. The van der Waals surface area contributed by atoms with Crippen molar-refractivity contribution in [2.45, 2.75) is 71.3 Å². The summed E-state index contributed by atoms with van der Waals surface area (Å²) in [4.78, 5) is 4.87. The second kappa shape index (κ2) is 7.01. The van der Waals surface area contributed by atoms with Gasteiger partial charge in [0.2, 0.25) is 0 Å². The van der Waals surface area contributed by atoms with Crippen LogP contribution in [-0.4, -0.2) is 23.0 Å². The largest absolute Gasteiger partial charge is 0.360 e. The van der Waals surface area contributed by atoms with Crippen LogP contribution in [0.15, 0.2) is 4.99 Å². The van der Waals surface area contributed by atoms with Crippen LogP contribution in [0.4, 0.5) is 0 Å². The predicted molar refractivity (Wildman–Crippen MR) is 86.9 cm³/mol. The standard InChI is InChI=1S/C16H30N2S/c1-4-13-6-8-14(9-7-13)12-17-15-18-16(3,5-2)10-11-19-15/h13-14H,4-12H2,1-3H3,(H,17,18). The Hall–Kier alpha value is -0.180. The molecule has 1 saturated carbocycles. The van der Waals surface area contributed by atoms with Gasteiger partial charge in [-0.1, -0.05) is 44.9 Å². The van der Waals surface area contributed by atoms with E-state index in [1.807, 2.05) is 11.8 Å². The number of thioether (sulfide) groups is 1. The zero-order chi connectivity index (χ0) is 13.7. The minimum Gasteiger partial charge on any atom is -0.360 e. The number of amidine groups is 1. The van der Waals surface area contributed by atoms with Crippen molar-refractivity contribution >= 4 is 16.9 Å². The maximum atomic E-state index is 4.87. The van der Waals surface area contributed by atoms with Crippen LogP contribution in [0.25, 0.3) is 0 Å². The van der Waals surface area contributed by atoms with Crippen molar-refractivity contribution in [2.24, 2.45) is 16.8 Å². The van der Waals surface area contributed by atoms with Crippen molar-refractivity contribution < 1.29 is 0 Å². The molecule has 2 aliphatic rings. The Morgan fingerprint density at radius 2 is 1.89 bits per heavy atom. The molecule has 1 aliphatic carbocycles. The Morgan fingerprint density at radius 1 is 1.21 bits per heavy atom. The van der Waals surface area contributed by atoms with E-state index in [0.717, 1.165) is 18.4 Å².